The fourth-order valence-electron chi connectivity index (χ4n) is 2.53. The Hall–Kier alpha value is -2.83. The fourth-order valence-corrected chi connectivity index (χ4v) is 3.27. The molecule has 3 rings (SSSR count). The van der Waals surface area contributed by atoms with Crippen LogP contribution in [0.2, 0.25) is 5.02 Å². The van der Waals surface area contributed by atoms with Crippen molar-refractivity contribution >= 4 is 45.9 Å². The first kappa shape index (κ1) is 18.0. The van der Waals surface area contributed by atoms with Crippen LogP contribution in [0.4, 0.5) is 17.2 Å². The van der Waals surface area contributed by atoms with E-state index in [0.29, 0.717) is 15.6 Å². The molecular weight excluding hydrogens is 370 g/mol. The van der Waals surface area contributed by atoms with E-state index in [1.165, 1.54) is 18.3 Å². The van der Waals surface area contributed by atoms with Crippen molar-refractivity contribution in [2.24, 2.45) is 0 Å². The minimum Gasteiger partial charge on any atom is -0.334 e. The van der Waals surface area contributed by atoms with Gasteiger partial charge in [0.2, 0.25) is 5.82 Å². The molecule has 26 heavy (non-hydrogen) atoms. The summed E-state index contributed by atoms with van der Waals surface area (Å²) in [6, 6.07) is 16.0. The quantitative estimate of drug-likeness (QED) is 0.274. The van der Waals surface area contributed by atoms with Gasteiger partial charge in [0.15, 0.2) is 0 Å². The molecule has 130 valence electrons. The van der Waals surface area contributed by atoms with Crippen LogP contribution in [0.15, 0.2) is 60.8 Å². The van der Waals surface area contributed by atoms with E-state index in [9.17, 15) is 10.1 Å². The van der Waals surface area contributed by atoms with Crippen molar-refractivity contribution < 1.29 is 4.92 Å². The van der Waals surface area contributed by atoms with E-state index in [4.69, 9.17) is 23.8 Å². The summed E-state index contributed by atoms with van der Waals surface area (Å²) in [6.45, 7) is 1.99. The SMILES string of the molecule is Cc1ccccc1C(=S)c1ccc(Nc2ncccc2[N+](=O)[O-])cc1Cl. The molecule has 0 bridgehead atoms. The Bertz CT molecular complexity index is 1010. The molecule has 0 saturated heterocycles. The Morgan fingerprint density at radius 1 is 1.15 bits per heavy atom. The van der Waals surface area contributed by atoms with Crippen LogP contribution in [-0.4, -0.2) is 14.8 Å². The van der Waals surface area contributed by atoms with Crippen LogP contribution >= 0.6 is 23.8 Å². The van der Waals surface area contributed by atoms with Crippen LogP contribution in [0, 0.1) is 17.0 Å². The van der Waals surface area contributed by atoms with E-state index in [0.717, 1.165) is 16.7 Å². The standard InChI is InChI=1S/C19H14ClN3O2S/c1-12-5-2-3-6-14(12)18(26)15-9-8-13(11-16(15)20)22-19-17(23(24)25)7-4-10-21-19/h2-11H,1H3,(H,21,22). The summed E-state index contributed by atoms with van der Waals surface area (Å²) in [5.74, 6) is 0.155. The van der Waals surface area contributed by atoms with Crippen molar-refractivity contribution in [1.82, 2.24) is 4.98 Å². The number of aromatic nitrogens is 1. The molecule has 0 aliphatic carbocycles. The molecule has 2 aromatic carbocycles. The summed E-state index contributed by atoms with van der Waals surface area (Å²) in [5.41, 5.74) is 3.23. The number of thiocarbonyl (C=S) groups is 1. The number of nitro groups is 1. The van der Waals surface area contributed by atoms with Gasteiger partial charge < -0.3 is 5.32 Å². The number of pyridine rings is 1. The number of halogens is 1. The highest BCUT2D eigenvalue weighted by molar-refractivity contribution is 7.81. The summed E-state index contributed by atoms with van der Waals surface area (Å²) >= 11 is 12.0. The largest absolute Gasteiger partial charge is 0.334 e. The van der Waals surface area contributed by atoms with Crippen molar-refractivity contribution in [2.45, 2.75) is 6.92 Å². The zero-order chi connectivity index (χ0) is 18.7. The van der Waals surface area contributed by atoms with Crippen LogP contribution in [0.3, 0.4) is 0 Å². The number of hydrogen-bond acceptors (Lipinski definition) is 5. The van der Waals surface area contributed by atoms with E-state index in [1.807, 2.05) is 31.2 Å². The third-order valence-corrected chi connectivity index (χ3v) is 4.60. The summed E-state index contributed by atoms with van der Waals surface area (Å²) in [7, 11) is 0. The molecule has 1 heterocycles. The molecule has 0 saturated carbocycles. The average Bonchev–Trinajstić information content (AvgIpc) is 2.62. The lowest BCUT2D eigenvalue weighted by molar-refractivity contribution is -0.384. The van der Waals surface area contributed by atoms with Gasteiger partial charge in [-0.2, -0.15) is 0 Å². The fraction of sp³-hybridized carbons (Fsp3) is 0.0526. The van der Waals surface area contributed by atoms with E-state index < -0.39 is 4.92 Å². The van der Waals surface area contributed by atoms with Gasteiger partial charge in [-0.3, -0.25) is 10.1 Å². The van der Waals surface area contributed by atoms with Crippen molar-refractivity contribution in [3.05, 3.63) is 92.6 Å². The van der Waals surface area contributed by atoms with Gasteiger partial charge in [-0.05, 0) is 42.3 Å². The molecule has 0 aliphatic heterocycles. The zero-order valence-corrected chi connectivity index (χ0v) is 15.3. The van der Waals surface area contributed by atoms with E-state index in [2.05, 4.69) is 10.3 Å². The molecule has 0 atom stereocenters. The molecule has 1 aromatic heterocycles. The Labute approximate surface area is 160 Å². The van der Waals surface area contributed by atoms with Crippen LogP contribution in [0.1, 0.15) is 16.7 Å². The van der Waals surface area contributed by atoms with Crippen LogP contribution in [0.25, 0.3) is 0 Å². The second kappa shape index (κ2) is 7.59. The number of aryl methyl sites for hydroxylation is 1. The number of rotatable bonds is 5. The number of benzene rings is 2. The Kier molecular flexibility index (Phi) is 5.25. The summed E-state index contributed by atoms with van der Waals surface area (Å²) < 4.78 is 0. The normalized spacial score (nSPS) is 10.4. The summed E-state index contributed by atoms with van der Waals surface area (Å²) in [5, 5.41) is 14.5. The third-order valence-electron chi connectivity index (χ3n) is 3.85. The van der Waals surface area contributed by atoms with Crippen LogP contribution in [-0.2, 0) is 0 Å². The second-order valence-electron chi connectivity index (χ2n) is 5.59. The smallest absolute Gasteiger partial charge is 0.311 e. The van der Waals surface area contributed by atoms with Crippen molar-refractivity contribution in [1.29, 1.82) is 0 Å². The number of nitrogens with zero attached hydrogens (tertiary/aromatic N) is 2. The molecule has 0 fully saturated rings. The lowest BCUT2D eigenvalue weighted by atomic mass is 10.00. The minimum atomic E-state index is -0.487. The predicted octanol–water partition coefficient (Wildman–Crippen LogP) is 5.46. The minimum absolute atomic E-state index is 0.108. The van der Waals surface area contributed by atoms with Gasteiger partial charge in [0, 0.05) is 23.5 Å². The number of anilines is 2. The lowest BCUT2D eigenvalue weighted by Crippen LogP contribution is -2.04. The topological polar surface area (TPSA) is 68.1 Å². The van der Waals surface area contributed by atoms with Crippen LogP contribution < -0.4 is 5.32 Å². The third kappa shape index (κ3) is 3.71. The molecule has 7 heteroatoms. The summed E-state index contributed by atoms with van der Waals surface area (Å²) in [4.78, 5) is 15.3. The van der Waals surface area contributed by atoms with Gasteiger partial charge in [0.1, 0.15) is 0 Å². The second-order valence-corrected chi connectivity index (χ2v) is 6.41. The van der Waals surface area contributed by atoms with E-state index >= 15 is 0 Å². The molecule has 0 spiro atoms. The van der Waals surface area contributed by atoms with Crippen molar-refractivity contribution in [3.8, 4) is 0 Å². The van der Waals surface area contributed by atoms with E-state index in [1.54, 1.807) is 18.2 Å². The maximum atomic E-state index is 11.1. The van der Waals surface area contributed by atoms with Gasteiger partial charge in [-0.25, -0.2) is 4.98 Å². The molecule has 0 radical (unpaired) electrons. The maximum absolute atomic E-state index is 11.1. The molecule has 0 amide bonds. The first-order valence-corrected chi connectivity index (χ1v) is 8.52. The highest BCUT2D eigenvalue weighted by atomic mass is 35.5. The molecule has 0 aliphatic rings. The lowest BCUT2D eigenvalue weighted by Gasteiger charge is -2.12. The van der Waals surface area contributed by atoms with Crippen LogP contribution in [0.5, 0.6) is 0 Å². The van der Waals surface area contributed by atoms with E-state index in [-0.39, 0.29) is 11.5 Å². The highest BCUT2D eigenvalue weighted by Crippen LogP contribution is 2.29. The molecule has 5 nitrogen and oxygen atoms in total. The molecular formula is C19H14ClN3O2S. The molecule has 0 unspecified atom stereocenters. The zero-order valence-electron chi connectivity index (χ0n) is 13.8. The average molecular weight is 384 g/mol. The predicted molar refractivity (Wildman–Crippen MR) is 108 cm³/mol. The van der Waals surface area contributed by atoms with Gasteiger partial charge in [0.25, 0.3) is 0 Å². The first-order chi connectivity index (χ1) is 12.5. The number of nitrogens with one attached hydrogen (secondary N) is 1. The Morgan fingerprint density at radius 3 is 2.62 bits per heavy atom. The first-order valence-electron chi connectivity index (χ1n) is 7.73. The Balaban J connectivity index is 1.90. The molecule has 3 aromatic rings. The summed E-state index contributed by atoms with van der Waals surface area (Å²) in [6.07, 6.45) is 1.48. The number of hydrogen-bond donors (Lipinski definition) is 1. The van der Waals surface area contributed by atoms with Gasteiger partial charge >= 0.3 is 5.69 Å². The van der Waals surface area contributed by atoms with Gasteiger partial charge in [0.05, 0.1) is 14.8 Å². The van der Waals surface area contributed by atoms with Crippen molar-refractivity contribution in [2.75, 3.05) is 5.32 Å². The van der Waals surface area contributed by atoms with Gasteiger partial charge in [-0.15, -0.1) is 0 Å². The highest BCUT2D eigenvalue weighted by Gasteiger charge is 2.16. The Morgan fingerprint density at radius 2 is 1.92 bits per heavy atom. The maximum Gasteiger partial charge on any atom is 0.311 e. The molecule has 1 N–H and O–H groups in total. The van der Waals surface area contributed by atoms with Gasteiger partial charge in [-0.1, -0.05) is 48.1 Å². The monoisotopic (exact) mass is 383 g/mol. The van der Waals surface area contributed by atoms with Crippen molar-refractivity contribution in [3.63, 3.8) is 0 Å².